The number of nitrogens with one attached hydrogen (secondary N) is 2. The first-order chi connectivity index (χ1) is 25.8. The molecule has 1 heterocycles. The van der Waals surface area contributed by atoms with Crippen molar-refractivity contribution in [3.05, 3.63) is 119 Å². The molecule has 1 atom stereocenters. The van der Waals surface area contributed by atoms with E-state index < -0.39 is 5.51 Å². The van der Waals surface area contributed by atoms with Gasteiger partial charge in [0.1, 0.15) is 0 Å². The van der Waals surface area contributed by atoms with Crippen molar-refractivity contribution in [1.82, 2.24) is 9.62 Å². The Labute approximate surface area is 335 Å². The van der Waals surface area contributed by atoms with E-state index in [9.17, 15) is 18.0 Å². The second-order valence-corrected chi connectivity index (χ2v) is 18.2. The van der Waals surface area contributed by atoms with Crippen LogP contribution in [0.3, 0.4) is 0 Å². The summed E-state index contributed by atoms with van der Waals surface area (Å²) < 4.78 is 43.4. The largest absolute Gasteiger partial charge is 0.446 e. The molecule has 0 aromatic heterocycles. The lowest BCUT2D eigenvalue weighted by Gasteiger charge is -2.39. The fraction of sp³-hybridized carbons (Fsp3) is 0.357. The number of anilines is 2. The first-order valence-corrected chi connectivity index (χ1v) is 21.2. The van der Waals surface area contributed by atoms with E-state index in [0.717, 1.165) is 73.1 Å². The van der Waals surface area contributed by atoms with Gasteiger partial charge in [-0.2, -0.15) is 13.2 Å². The number of thioether (sulfide) groups is 2. The quantitative estimate of drug-likeness (QED) is 0.103. The summed E-state index contributed by atoms with van der Waals surface area (Å²) in [5, 5.41) is 4.00. The molecule has 4 aromatic rings. The summed E-state index contributed by atoms with van der Waals surface area (Å²) in [6.07, 6.45) is 3.35. The molecule has 12 heteroatoms. The lowest BCUT2D eigenvalue weighted by Crippen LogP contribution is -2.47. The van der Waals surface area contributed by atoms with Crippen LogP contribution in [-0.4, -0.2) is 60.8 Å². The number of alkyl halides is 3. The highest BCUT2D eigenvalue weighted by molar-refractivity contribution is 8.00. The smallest absolute Gasteiger partial charge is 0.381 e. The molecule has 0 spiro atoms. The lowest BCUT2D eigenvalue weighted by atomic mass is 9.73. The van der Waals surface area contributed by atoms with E-state index in [0.29, 0.717) is 21.9 Å². The summed E-state index contributed by atoms with van der Waals surface area (Å²) in [6.45, 7) is 11.3. The number of carbonyl (C=O) groups excluding carboxylic acids is 1. The SMILES string of the molecule is CC(CSc1ccccc1)Nc1ccc(SNC(=O)c2ccc(N3CCN(CC4=C(c5ccc(Cl)cc5)CCC(C)(C)C4)CC3)cc2)cc1SC(F)(F)F. The van der Waals surface area contributed by atoms with E-state index in [4.69, 9.17) is 11.6 Å². The van der Waals surface area contributed by atoms with Crippen molar-refractivity contribution in [3.8, 4) is 0 Å². The fourth-order valence-electron chi connectivity index (χ4n) is 6.93. The Kier molecular flexibility index (Phi) is 13.6. The third-order valence-corrected chi connectivity index (χ3v) is 12.8. The molecule has 1 fully saturated rings. The standard InChI is InChI=1S/C42H46ClF3N4OS3/c1-29(28-52-35-7-5-4-6-8-35)47-38-18-17-36(25-39(38)53-42(44,45)46)54-48-40(51)31-11-15-34(16-12-31)50-23-21-49(22-24-50)27-32-26-41(2,3)20-19-37(32)30-9-13-33(43)14-10-30/h4-18,25,29,47H,19-24,26-28H2,1-3H3,(H,48,51). The van der Waals surface area contributed by atoms with Gasteiger partial charge in [0.15, 0.2) is 0 Å². The van der Waals surface area contributed by atoms with Gasteiger partial charge < -0.3 is 10.2 Å². The minimum absolute atomic E-state index is 0.0593. The molecule has 286 valence electrons. The number of rotatable bonds is 13. The van der Waals surface area contributed by atoms with Crippen LogP contribution in [0.25, 0.3) is 5.57 Å². The number of halogens is 4. The topological polar surface area (TPSA) is 47.6 Å². The third-order valence-electron chi connectivity index (χ3n) is 9.73. The van der Waals surface area contributed by atoms with Crippen LogP contribution in [0.4, 0.5) is 24.5 Å². The molecule has 2 N–H and O–H groups in total. The van der Waals surface area contributed by atoms with Crippen LogP contribution in [0, 0.1) is 5.41 Å². The number of hydrogen-bond donors (Lipinski definition) is 2. The molecule has 5 nitrogen and oxygen atoms in total. The molecular weight excluding hydrogens is 765 g/mol. The molecule has 1 aliphatic carbocycles. The van der Waals surface area contributed by atoms with Crippen LogP contribution in [-0.2, 0) is 0 Å². The van der Waals surface area contributed by atoms with Gasteiger partial charge in [0.2, 0.25) is 0 Å². The molecule has 4 aromatic carbocycles. The highest BCUT2D eigenvalue weighted by Crippen LogP contribution is 2.44. The number of nitrogens with zero attached hydrogens (tertiary/aromatic N) is 2. The predicted octanol–water partition coefficient (Wildman–Crippen LogP) is 11.8. The highest BCUT2D eigenvalue weighted by atomic mass is 35.5. The Hall–Kier alpha value is -3.22. The van der Waals surface area contributed by atoms with Crippen molar-refractivity contribution in [2.45, 2.75) is 66.3 Å². The summed E-state index contributed by atoms with van der Waals surface area (Å²) >= 11 is 8.68. The van der Waals surface area contributed by atoms with Gasteiger partial charge in [0.25, 0.3) is 5.91 Å². The molecular formula is C42H46ClF3N4OS3. The van der Waals surface area contributed by atoms with Crippen LogP contribution in [0.1, 0.15) is 56.0 Å². The number of amides is 1. The van der Waals surface area contributed by atoms with Crippen molar-refractivity contribution < 1.29 is 18.0 Å². The van der Waals surface area contributed by atoms with Gasteiger partial charge in [-0.1, -0.05) is 61.4 Å². The Morgan fingerprint density at radius 1 is 0.907 bits per heavy atom. The Balaban J connectivity index is 1.01. The van der Waals surface area contributed by atoms with Crippen LogP contribution < -0.4 is 14.9 Å². The maximum atomic E-state index is 13.5. The molecule has 54 heavy (non-hydrogen) atoms. The normalized spacial score (nSPS) is 17.0. The van der Waals surface area contributed by atoms with E-state index >= 15 is 0 Å². The van der Waals surface area contributed by atoms with Crippen molar-refractivity contribution in [1.29, 1.82) is 0 Å². The summed E-state index contributed by atoms with van der Waals surface area (Å²) in [7, 11) is 0. The van der Waals surface area contributed by atoms with Crippen molar-refractivity contribution in [3.63, 3.8) is 0 Å². The zero-order valence-electron chi connectivity index (χ0n) is 30.7. The Morgan fingerprint density at radius 2 is 1.61 bits per heavy atom. The molecule has 0 bridgehead atoms. The van der Waals surface area contributed by atoms with E-state index in [-0.39, 0.29) is 34.0 Å². The number of carbonyl (C=O) groups is 1. The van der Waals surface area contributed by atoms with Gasteiger partial charge in [0, 0.05) is 81.2 Å². The number of piperazine rings is 1. The van der Waals surface area contributed by atoms with Gasteiger partial charge >= 0.3 is 5.51 Å². The van der Waals surface area contributed by atoms with Gasteiger partial charge in [0.05, 0.1) is 0 Å². The minimum Gasteiger partial charge on any atom is -0.381 e. The number of benzene rings is 4. The van der Waals surface area contributed by atoms with E-state index in [1.807, 2.05) is 61.5 Å². The molecule has 1 amide bonds. The van der Waals surface area contributed by atoms with Crippen molar-refractivity contribution in [2.24, 2.45) is 5.41 Å². The zero-order valence-corrected chi connectivity index (χ0v) is 33.9. The van der Waals surface area contributed by atoms with Gasteiger partial charge in [-0.3, -0.25) is 14.4 Å². The average Bonchev–Trinajstić information content (AvgIpc) is 3.14. The molecule has 1 aliphatic heterocycles. The van der Waals surface area contributed by atoms with Crippen molar-refractivity contribution in [2.75, 3.05) is 48.7 Å². The molecule has 0 radical (unpaired) electrons. The van der Waals surface area contributed by atoms with Gasteiger partial charge in [-0.25, -0.2) is 0 Å². The van der Waals surface area contributed by atoms with Crippen LogP contribution >= 0.6 is 47.1 Å². The summed E-state index contributed by atoms with van der Waals surface area (Å²) in [5.74, 6) is 0.376. The maximum absolute atomic E-state index is 13.5. The van der Waals surface area contributed by atoms with Crippen LogP contribution in [0.2, 0.25) is 5.02 Å². The second kappa shape index (κ2) is 18.2. The van der Waals surface area contributed by atoms with Crippen LogP contribution in [0.5, 0.6) is 0 Å². The van der Waals surface area contributed by atoms with Gasteiger partial charge in [-0.05, 0) is 133 Å². The lowest BCUT2D eigenvalue weighted by molar-refractivity contribution is -0.0328. The molecule has 1 unspecified atom stereocenters. The minimum atomic E-state index is -4.45. The molecule has 2 aliphatic rings. The number of hydrogen-bond acceptors (Lipinski definition) is 7. The van der Waals surface area contributed by atoms with E-state index in [1.54, 1.807) is 36.0 Å². The average molecular weight is 812 g/mol. The fourth-order valence-corrected chi connectivity index (χ4v) is 9.31. The van der Waals surface area contributed by atoms with Crippen molar-refractivity contribution >= 4 is 69.9 Å². The molecule has 1 saturated heterocycles. The number of allylic oxidation sites excluding steroid dienone is 1. The zero-order chi connectivity index (χ0) is 38.3. The van der Waals surface area contributed by atoms with Gasteiger partial charge in [-0.15, -0.1) is 11.8 Å². The van der Waals surface area contributed by atoms with Crippen LogP contribution in [0.15, 0.2) is 117 Å². The first-order valence-electron chi connectivity index (χ1n) is 18.2. The summed E-state index contributed by atoms with van der Waals surface area (Å²) in [6, 6.07) is 30.4. The monoisotopic (exact) mass is 810 g/mol. The third kappa shape index (κ3) is 11.6. The predicted molar refractivity (Wildman–Crippen MR) is 223 cm³/mol. The highest BCUT2D eigenvalue weighted by Gasteiger charge is 2.32. The Morgan fingerprint density at radius 3 is 2.30 bits per heavy atom. The summed E-state index contributed by atoms with van der Waals surface area (Å²) in [4.78, 5) is 19.7. The maximum Gasteiger partial charge on any atom is 0.446 e. The summed E-state index contributed by atoms with van der Waals surface area (Å²) in [5.41, 5.74) is 2.06. The first kappa shape index (κ1) is 40.4. The van der Waals surface area contributed by atoms with E-state index in [1.165, 1.54) is 29.2 Å². The molecule has 6 rings (SSSR count). The van der Waals surface area contributed by atoms with E-state index in [2.05, 4.69) is 45.8 Å². The molecule has 0 saturated carbocycles. The Bertz CT molecular complexity index is 1900. The second-order valence-electron chi connectivity index (χ2n) is 14.6.